The number of carbonyl (C=O) groups excluding carboxylic acids is 2. The van der Waals surface area contributed by atoms with Crippen molar-refractivity contribution in [2.45, 2.75) is 63.6 Å². The topological polar surface area (TPSA) is 75.4 Å². The van der Waals surface area contributed by atoms with Crippen molar-refractivity contribution in [3.8, 4) is 0 Å². The van der Waals surface area contributed by atoms with Crippen LogP contribution in [0.15, 0.2) is 24.3 Å². The third-order valence-electron chi connectivity index (χ3n) is 5.29. The largest absolute Gasteiger partial charge is 0.350 e. The van der Waals surface area contributed by atoms with Gasteiger partial charge in [-0.1, -0.05) is 43.5 Å². The molecule has 5 nitrogen and oxygen atoms in total. The van der Waals surface area contributed by atoms with Crippen molar-refractivity contribution < 1.29 is 9.59 Å². The Morgan fingerprint density at radius 2 is 1.80 bits per heavy atom. The lowest BCUT2D eigenvalue weighted by atomic mass is 9.82. The summed E-state index contributed by atoms with van der Waals surface area (Å²) in [4.78, 5) is 26.2. The minimum atomic E-state index is -0.710. The average Bonchev–Trinajstić information content (AvgIpc) is 2.99. The van der Waals surface area contributed by atoms with Crippen molar-refractivity contribution in [1.82, 2.24) is 10.2 Å². The summed E-state index contributed by atoms with van der Waals surface area (Å²) >= 11 is 0. The lowest BCUT2D eigenvalue weighted by Crippen LogP contribution is -2.54. The van der Waals surface area contributed by atoms with Crippen LogP contribution in [0.2, 0.25) is 0 Å². The number of nitrogens with zero attached hydrogens (tertiary/aromatic N) is 1. The van der Waals surface area contributed by atoms with Gasteiger partial charge < -0.3 is 16.0 Å². The van der Waals surface area contributed by atoms with Crippen molar-refractivity contribution in [1.29, 1.82) is 0 Å². The lowest BCUT2D eigenvalue weighted by molar-refractivity contribution is -0.128. The predicted molar refractivity (Wildman–Crippen MR) is 100 cm³/mol. The highest BCUT2D eigenvalue weighted by Gasteiger charge is 2.35. The van der Waals surface area contributed by atoms with Crippen molar-refractivity contribution in [3.05, 3.63) is 35.4 Å². The summed E-state index contributed by atoms with van der Waals surface area (Å²) < 4.78 is 0. The van der Waals surface area contributed by atoms with Crippen molar-refractivity contribution in [3.63, 3.8) is 0 Å². The Labute approximate surface area is 155 Å². The number of amides is 2. The zero-order chi connectivity index (χ0) is 17.0. The van der Waals surface area contributed by atoms with Crippen molar-refractivity contribution in [2.24, 2.45) is 5.73 Å². The Hall–Kier alpha value is -1.59. The first-order valence-electron chi connectivity index (χ1n) is 9.00. The molecular formula is C19H28ClN3O2. The van der Waals surface area contributed by atoms with Gasteiger partial charge in [-0.3, -0.25) is 9.59 Å². The van der Waals surface area contributed by atoms with Gasteiger partial charge in [0.1, 0.15) is 0 Å². The molecule has 1 aromatic carbocycles. The molecule has 0 atom stereocenters. The molecule has 3 N–H and O–H groups in total. The van der Waals surface area contributed by atoms with E-state index >= 15 is 0 Å². The van der Waals surface area contributed by atoms with E-state index in [1.165, 1.54) is 6.42 Å². The molecule has 25 heavy (non-hydrogen) atoms. The van der Waals surface area contributed by atoms with Gasteiger partial charge >= 0.3 is 0 Å². The Morgan fingerprint density at radius 3 is 2.44 bits per heavy atom. The van der Waals surface area contributed by atoms with Gasteiger partial charge in [-0.15, -0.1) is 12.4 Å². The summed E-state index contributed by atoms with van der Waals surface area (Å²) in [6.45, 7) is 1.92. The molecule has 0 aromatic heterocycles. The van der Waals surface area contributed by atoms with E-state index in [0.717, 1.165) is 49.8 Å². The summed E-state index contributed by atoms with van der Waals surface area (Å²) in [6, 6.07) is 7.99. The standard InChI is InChI=1S/C19H27N3O2.ClH/c20-19(10-4-1-5-11-19)18(24)21-13-15-7-2-3-8-16(15)14-22-12-6-9-17(22)23;/h2-3,7-8H,1,4-6,9-14,20H2,(H,21,24);1H. The van der Waals surface area contributed by atoms with E-state index in [9.17, 15) is 9.59 Å². The fourth-order valence-electron chi connectivity index (χ4n) is 3.72. The number of nitrogens with two attached hydrogens (primary N) is 1. The molecule has 1 heterocycles. The van der Waals surface area contributed by atoms with E-state index in [2.05, 4.69) is 5.32 Å². The molecule has 1 aliphatic heterocycles. The first kappa shape index (κ1) is 19.7. The number of benzene rings is 1. The van der Waals surface area contributed by atoms with E-state index in [0.29, 0.717) is 19.5 Å². The van der Waals surface area contributed by atoms with Crippen LogP contribution in [-0.4, -0.2) is 28.8 Å². The Balaban J connectivity index is 0.00000225. The Morgan fingerprint density at radius 1 is 1.12 bits per heavy atom. The quantitative estimate of drug-likeness (QED) is 0.841. The number of rotatable bonds is 5. The van der Waals surface area contributed by atoms with Gasteiger partial charge in [0, 0.05) is 26.1 Å². The number of nitrogens with one attached hydrogen (secondary N) is 1. The molecule has 1 aliphatic carbocycles. The SMILES string of the molecule is Cl.NC1(C(=O)NCc2ccccc2CN2CCCC2=O)CCCCC1. The highest BCUT2D eigenvalue weighted by atomic mass is 35.5. The van der Waals surface area contributed by atoms with Crippen molar-refractivity contribution >= 4 is 24.2 Å². The van der Waals surface area contributed by atoms with Crippen LogP contribution in [-0.2, 0) is 22.7 Å². The zero-order valence-corrected chi connectivity index (χ0v) is 15.4. The van der Waals surface area contributed by atoms with Gasteiger partial charge in [-0.25, -0.2) is 0 Å². The number of carbonyl (C=O) groups is 2. The van der Waals surface area contributed by atoms with Gasteiger partial charge in [0.15, 0.2) is 0 Å². The summed E-state index contributed by atoms with van der Waals surface area (Å²) in [5.74, 6) is 0.172. The van der Waals surface area contributed by atoms with E-state index in [4.69, 9.17) is 5.73 Å². The molecular weight excluding hydrogens is 338 g/mol. The molecule has 2 aliphatic rings. The van der Waals surface area contributed by atoms with Crippen LogP contribution in [0.25, 0.3) is 0 Å². The smallest absolute Gasteiger partial charge is 0.240 e. The highest BCUT2D eigenvalue weighted by molar-refractivity contribution is 5.86. The van der Waals surface area contributed by atoms with E-state index < -0.39 is 5.54 Å². The van der Waals surface area contributed by atoms with Gasteiger partial charge in [-0.2, -0.15) is 0 Å². The van der Waals surface area contributed by atoms with Gasteiger partial charge in [-0.05, 0) is 30.4 Å². The van der Waals surface area contributed by atoms with Crippen LogP contribution >= 0.6 is 12.4 Å². The number of halogens is 1. The fourth-order valence-corrected chi connectivity index (χ4v) is 3.72. The number of hydrogen-bond acceptors (Lipinski definition) is 3. The van der Waals surface area contributed by atoms with Gasteiger partial charge in [0.05, 0.1) is 5.54 Å². The number of hydrogen-bond donors (Lipinski definition) is 2. The van der Waals surface area contributed by atoms with E-state index in [1.54, 1.807) is 0 Å². The van der Waals surface area contributed by atoms with Crippen LogP contribution in [0.1, 0.15) is 56.1 Å². The molecule has 0 bridgehead atoms. The first-order chi connectivity index (χ1) is 11.6. The third-order valence-corrected chi connectivity index (χ3v) is 5.29. The van der Waals surface area contributed by atoms with Gasteiger partial charge in [0.25, 0.3) is 0 Å². The molecule has 0 unspecified atom stereocenters. The van der Waals surface area contributed by atoms with Crippen LogP contribution in [0.5, 0.6) is 0 Å². The normalized spacial score (nSPS) is 19.4. The fraction of sp³-hybridized carbons (Fsp3) is 0.579. The minimum Gasteiger partial charge on any atom is -0.350 e. The molecule has 6 heteroatoms. The summed E-state index contributed by atoms with van der Waals surface area (Å²) in [5, 5.41) is 3.02. The zero-order valence-electron chi connectivity index (χ0n) is 14.6. The second-order valence-electron chi connectivity index (χ2n) is 7.09. The minimum absolute atomic E-state index is 0. The molecule has 1 saturated heterocycles. The van der Waals surface area contributed by atoms with Crippen LogP contribution in [0, 0.1) is 0 Å². The molecule has 2 amide bonds. The molecule has 0 spiro atoms. The van der Waals surface area contributed by atoms with Crippen molar-refractivity contribution in [2.75, 3.05) is 6.54 Å². The molecule has 3 rings (SSSR count). The molecule has 0 radical (unpaired) electrons. The third kappa shape index (κ3) is 4.73. The second-order valence-corrected chi connectivity index (χ2v) is 7.09. The first-order valence-corrected chi connectivity index (χ1v) is 9.00. The predicted octanol–water partition coefficient (Wildman–Crippen LogP) is 2.51. The van der Waals surface area contributed by atoms with Crippen LogP contribution in [0.4, 0.5) is 0 Å². The van der Waals surface area contributed by atoms with E-state index in [-0.39, 0.29) is 24.2 Å². The Kier molecular flexibility index (Phi) is 6.85. The molecule has 138 valence electrons. The maximum absolute atomic E-state index is 12.5. The average molecular weight is 366 g/mol. The second kappa shape index (κ2) is 8.68. The molecule has 1 aromatic rings. The summed E-state index contributed by atoms with van der Waals surface area (Å²) in [5.41, 5.74) is 7.74. The maximum atomic E-state index is 12.5. The molecule has 1 saturated carbocycles. The summed E-state index contributed by atoms with van der Waals surface area (Å²) in [7, 11) is 0. The summed E-state index contributed by atoms with van der Waals surface area (Å²) in [6.07, 6.45) is 6.33. The molecule has 2 fully saturated rings. The lowest BCUT2D eigenvalue weighted by Gasteiger charge is -2.32. The maximum Gasteiger partial charge on any atom is 0.240 e. The monoisotopic (exact) mass is 365 g/mol. The van der Waals surface area contributed by atoms with Gasteiger partial charge in [0.2, 0.25) is 11.8 Å². The number of likely N-dealkylation sites (tertiary alicyclic amines) is 1. The van der Waals surface area contributed by atoms with Crippen LogP contribution < -0.4 is 11.1 Å². The van der Waals surface area contributed by atoms with E-state index in [1.807, 2.05) is 29.2 Å². The Bertz CT molecular complexity index is 614. The highest BCUT2D eigenvalue weighted by Crippen LogP contribution is 2.26. The van der Waals surface area contributed by atoms with Crippen LogP contribution in [0.3, 0.4) is 0 Å².